The summed E-state index contributed by atoms with van der Waals surface area (Å²) < 4.78 is 5.99. The van der Waals surface area contributed by atoms with Crippen molar-refractivity contribution >= 4 is 23.2 Å². The predicted molar refractivity (Wildman–Crippen MR) is 87.4 cm³/mol. The zero-order valence-electron chi connectivity index (χ0n) is 13.2. The topological polar surface area (TPSA) is 49.9 Å². The number of carbonyl (C=O) groups is 2. The first kappa shape index (κ1) is 15.1. The molecule has 1 atom stereocenters. The molecule has 0 N–H and O–H groups in total. The van der Waals surface area contributed by atoms with Gasteiger partial charge in [-0.2, -0.15) is 11.3 Å². The fourth-order valence-corrected chi connectivity index (χ4v) is 4.62. The van der Waals surface area contributed by atoms with Crippen LogP contribution in [-0.4, -0.2) is 60.0 Å². The summed E-state index contributed by atoms with van der Waals surface area (Å²) in [5.74, 6) is 0.678. The van der Waals surface area contributed by atoms with Crippen LogP contribution in [0.4, 0.5) is 0 Å². The largest absolute Gasteiger partial charge is 0.371 e. The van der Waals surface area contributed by atoms with E-state index in [2.05, 4.69) is 0 Å². The Morgan fingerprint density at radius 1 is 1.26 bits per heavy atom. The van der Waals surface area contributed by atoms with Gasteiger partial charge in [-0.05, 0) is 36.6 Å². The molecule has 1 aromatic heterocycles. The van der Waals surface area contributed by atoms with E-state index in [1.807, 2.05) is 26.6 Å². The van der Waals surface area contributed by atoms with Crippen molar-refractivity contribution in [2.45, 2.75) is 31.3 Å². The van der Waals surface area contributed by atoms with E-state index < -0.39 is 0 Å². The molecular weight excluding hydrogens is 312 g/mol. The maximum Gasteiger partial charge on any atom is 0.254 e. The lowest BCUT2D eigenvalue weighted by Crippen LogP contribution is -2.63. The van der Waals surface area contributed by atoms with Gasteiger partial charge in [-0.3, -0.25) is 9.59 Å². The molecule has 4 heterocycles. The summed E-state index contributed by atoms with van der Waals surface area (Å²) in [7, 11) is 0. The Morgan fingerprint density at radius 3 is 2.74 bits per heavy atom. The summed E-state index contributed by atoms with van der Waals surface area (Å²) in [6.45, 7) is 3.81. The Hall–Kier alpha value is -1.40. The van der Waals surface area contributed by atoms with Gasteiger partial charge in [-0.25, -0.2) is 0 Å². The zero-order chi connectivity index (χ0) is 15.9. The first-order chi connectivity index (χ1) is 11.2. The van der Waals surface area contributed by atoms with Crippen LogP contribution in [-0.2, 0) is 9.53 Å². The summed E-state index contributed by atoms with van der Waals surface area (Å²) in [5, 5.41) is 3.81. The predicted octanol–water partition coefficient (Wildman–Crippen LogP) is 1.99. The van der Waals surface area contributed by atoms with Crippen LogP contribution in [0.15, 0.2) is 16.8 Å². The number of carbonyl (C=O) groups excluding carboxylic acids is 2. The standard InChI is InChI=1S/C17H22N2O3S/c20-15(18-4-1-2-5-18)7-13-8-17(22-9-13)11-19(12-17)16(21)14-3-6-23-10-14/h3,6,10,13H,1-2,4-5,7-9,11-12H2. The van der Waals surface area contributed by atoms with E-state index in [1.54, 1.807) is 11.3 Å². The van der Waals surface area contributed by atoms with Gasteiger partial charge in [0.15, 0.2) is 0 Å². The Labute approximate surface area is 140 Å². The van der Waals surface area contributed by atoms with Crippen LogP contribution in [0.1, 0.15) is 36.0 Å². The van der Waals surface area contributed by atoms with Crippen LogP contribution in [0.2, 0.25) is 0 Å². The van der Waals surface area contributed by atoms with E-state index in [0.717, 1.165) is 37.9 Å². The van der Waals surface area contributed by atoms with E-state index in [-0.39, 0.29) is 17.4 Å². The molecule has 23 heavy (non-hydrogen) atoms. The van der Waals surface area contributed by atoms with Gasteiger partial charge in [0.2, 0.25) is 5.91 Å². The molecule has 0 saturated carbocycles. The third kappa shape index (κ3) is 2.90. The quantitative estimate of drug-likeness (QED) is 0.849. The number of hydrogen-bond acceptors (Lipinski definition) is 4. The van der Waals surface area contributed by atoms with Crippen LogP contribution in [0.25, 0.3) is 0 Å². The average Bonchev–Trinajstić information content (AvgIpc) is 3.25. The molecule has 0 radical (unpaired) electrons. The highest BCUT2D eigenvalue weighted by Gasteiger charge is 2.51. The minimum atomic E-state index is -0.193. The molecule has 0 bridgehead atoms. The molecule has 1 unspecified atom stereocenters. The fraction of sp³-hybridized carbons (Fsp3) is 0.647. The highest BCUT2D eigenvalue weighted by molar-refractivity contribution is 7.08. The van der Waals surface area contributed by atoms with Crippen LogP contribution < -0.4 is 0 Å². The Kier molecular flexibility index (Phi) is 3.89. The molecule has 3 aliphatic rings. The minimum absolute atomic E-state index is 0.0945. The third-order valence-electron chi connectivity index (χ3n) is 5.22. The summed E-state index contributed by atoms with van der Waals surface area (Å²) in [5.41, 5.74) is 0.574. The molecule has 3 saturated heterocycles. The second-order valence-corrected chi connectivity index (χ2v) is 7.81. The molecule has 0 aliphatic carbocycles. The van der Waals surface area contributed by atoms with Gasteiger partial charge >= 0.3 is 0 Å². The number of thiophene rings is 1. The summed E-state index contributed by atoms with van der Waals surface area (Å²) >= 11 is 1.54. The van der Waals surface area contributed by atoms with Gasteiger partial charge in [0.25, 0.3) is 5.91 Å². The number of nitrogens with zero attached hydrogens (tertiary/aromatic N) is 2. The van der Waals surface area contributed by atoms with Crippen LogP contribution in [0.5, 0.6) is 0 Å². The zero-order valence-corrected chi connectivity index (χ0v) is 14.0. The highest BCUT2D eigenvalue weighted by Crippen LogP contribution is 2.40. The number of hydrogen-bond donors (Lipinski definition) is 0. The molecule has 1 aromatic rings. The Balaban J connectivity index is 1.28. The number of rotatable bonds is 3. The lowest BCUT2D eigenvalue weighted by atomic mass is 9.85. The van der Waals surface area contributed by atoms with Crippen LogP contribution in [0.3, 0.4) is 0 Å². The number of amides is 2. The highest BCUT2D eigenvalue weighted by atomic mass is 32.1. The van der Waals surface area contributed by atoms with E-state index in [0.29, 0.717) is 32.0 Å². The molecule has 3 fully saturated rings. The maximum absolute atomic E-state index is 12.3. The van der Waals surface area contributed by atoms with Crippen LogP contribution >= 0.6 is 11.3 Å². The fourth-order valence-electron chi connectivity index (χ4n) is 3.99. The molecule has 6 heteroatoms. The minimum Gasteiger partial charge on any atom is -0.371 e. The van der Waals surface area contributed by atoms with Crippen molar-refractivity contribution < 1.29 is 14.3 Å². The van der Waals surface area contributed by atoms with Crippen molar-refractivity contribution in [3.8, 4) is 0 Å². The van der Waals surface area contributed by atoms with Gasteiger partial charge in [0.1, 0.15) is 5.60 Å². The normalized spacial score (nSPS) is 25.8. The van der Waals surface area contributed by atoms with Gasteiger partial charge in [0, 0.05) is 24.9 Å². The SMILES string of the molecule is O=C(CC1COC2(C1)CN(C(=O)c1ccsc1)C2)N1CCCC1. The van der Waals surface area contributed by atoms with Crippen molar-refractivity contribution in [2.75, 3.05) is 32.8 Å². The molecule has 5 nitrogen and oxygen atoms in total. The molecular formula is C17H22N2O3S. The lowest BCUT2D eigenvalue weighted by molar-refractivity contribution is -0.131. The first-order valence-corrected chi connectivity index (χ1v) is 9.33. The monoisotopic (exact) mass is 334 g/mol. The molecule has 3 aliphatic heterocycles. The molecule has 124 valence electrons. The second-order valence-electron chi connectivity index (χ2n) is 7.03. The molecule has 4 rings (SSSR count). The van der Waals surface area contributed by atoms with Gasteiger partial charge < -0.3 is 14.5 Å². The second kappa shape index (κ2) is 5.91. The van der Waals surface area contributed by atoms with Crippen molar-refractivity contribution in [3.63, 3.8) is 0 Å². The molecule has 0 aromatic carbocycles. The number of likely N-dealkylation sites (tertiary alicyclic amines) is 2. The Bertz CT molecular complexity index is 589. The summed E-state index contributed by atoms with van der Waals surface area (Å²) in [6, 6.07) is 1.87. The van der Waals surface area contributed by atoms with Crippen molar-refractivity contribution in [2.24, 2.45) is 5.92 Å². The smallest absolute Gasteiger partial charge is 0.254 e. The maximum atomic E-state index is 12.3. The summed E-state index contributed by atoms with van der Waals surface area (Å²) in [6.07, 6.45) is 3.77. The van der Waals surface area contributed by atoms with E-state index >= 15 is 0 Å². The van der Waals surface area contributed by atoms with Gasteiger partial charge in [-0.15, -0.1) is 0 Å². The van der Waals surface area contributed by atoms with E-state index in [1.165, 1.54) is 0 Å². The number of ether oxygens (including phenoxy) is 1. The Morgan fingerprint density at radius 2 is 2.04 bits per heavy atom. The van der Waals surface area contributed by atoms with Crippen molar-refractivity contribution in [1.82, 2.24) is 9.80 Å². The van der Waals surface area contributed by atoms with Crippen molar-refractivity contribution in [1.29, 1.82) is 0 Å². The molecule has 1 spiro atoms. The van der Waals surface area contributed by atoms with Gasteiger partial charge in [0.05, 0.1) is 25.3 Å². The van der Waals surface area contributed by atoms with Crippen molar-refractivity contribution in [3.05, 3.63) is 22.4 Å². The van der Waals surface area contributed by atoms with E-state index in [9.17, 15) is 9.59 Å². The third-order valence-corrected chi connectivity index (χ3v) is 5.90. The molecule has 2 amide bonds. The van der Waals surface area contributed by atoms with Crippen LogP contribution in [0, 0.1) is 5.92 Å². The lowest BCUT2D eigenvalue weighted by Gasteiger charge is -2.47. The first-order valence-electron chi connectivity index (χ1n) is 8.38. The van der Waals surface area contributed by atoms with E-state index in [4.69, 9.17) is 4.74 Å². The average molecular weight is 334 g/mol. The van der Waals surface area contributed by atoms with Gasteiger partial charge in [-0.1, -0.05) is 0 Å². The summed E-state index contributed by atoms with van der Waals surface area (Å²) in [4.78, 5) is 28.4.